The Morgan fingerprint density at radius 1 is 1.45 bits per heavy atom. The largest absolute Gasteiger partial charge is 0.398 e. The van der Waals surface area contributed by atoms with Crippen LogP contribution in [-0.2, 0) is 0 Å². The van der Waals surface area contributed by atoms with Crippen molar-refractivity contribution in [3.63, 3.8) is 0 Å². The van der Waals surface area contributed by atoms with Crippen LogP contribution >= 0.6 is 0 Å². The molecule has 2 N–H and O–H groups in total. The molecule has 0 bridgehead atoms. The maximum Gasteiger partial charge on any atom is 0.250 e. The standard InChI is InChI=1S/C8H12N2O/c1-6(2)10-5-7(9)3-4-8(10)11/h3-6H,9H2,1-2H3. The van der Waals surface area contributed by atoms with Gasteiger partial charge in [-0.25, -0.2) is 0 Å². The average molecular weight is 152 g/mol. The number of anilines is 1. The number of aromatic nitrogens is 1. The van der Waals surface area contributed by atoms with E-state index in [9.17, 15) is 4.79 Å². The highest BCUT2D eigenvalue weighted by molar-refractivity contribution is 5.33. The van der Waals surface area contributed by atoms with Gasteiger partial charge < -0.3 is 10.3 Å². The summed E-state index contributed by atoms with van der Waals surface area (Å²) < 4.78 is 1.61. The van der Waals surface area contributed by atoms with Crippen LogP contribution in [0, 0.1) is 0 Å². The van der Waals surface area contributed by atoms with Crippen molar-refractivity contribution >= 4 is 5.69 Å². The quantitative estimate of drug-likeness (QED) is 0.652. The van der Waals surface area contributed by atoms with Crippen LogP contribution in [0.1, 0.15) is 19.9 Å². The fraction of sp³-hybridized carbons (Fsp3) is 0.375. The van der Waals surface area contributed by atoms with Crippen LogP contribution in [0.3, 0.4) is 0 Å². The summed E-state index contributed by atoms with van der Waals surface area (Å²) in [5, 5.41) is 0. The van der Waals surface area contributed by atoms with Gasteiger partial charge in [-0.05, 0) is 19.9 Å². The Kier molecular flexibility index (Phi) is 1.98. The monoisotopic (exact) mass is 152 g/mol. The third-order valence-electron chi connectivity index (χ3n) is 1.52. The molecular formula is C8H12N2O. The molecule has 0 aliphatic rings. The summed E-state index contributed by atoms with van der Waals surface area (Å²) in [6, 6.07) is 3.27. The van der Waals surface area contributed by atoms with E-state index < -0.39 is 0 Å². The van der Waals surface area contributed by atoms with E-state index in [4.69, 9.17) is 5.73 Å². The van der Waals surface area contributed by atoms with Crippen molar-refractivity contribution in [1.82, 2.24) is 4.57 Å². The molecule has 11 heavy (non-hydrogen) atoms. The molecule has 1 rings (SSSR count). The highest BCUT2D eigenvalue weighted by Crippen LogP contribution is 2.02. The minimum Gasteiger partial charge on any atom is -0.398 e. The van der Waals surface area contributed by atoms with Gasteiger partial charge in [-0.1, -0.05) is 0 Å². The molecule has 0 fully saturated rings. The molecule has 0 aromatic carbocycles. The summed E-state index contributed by atoms with van der Waals surface area (Å²) in [5.41, 5.74) is 6.12. The Hall–Kier alpha value is -1.25. The van der Waals surface area contributed by atoms with Crippen LogP contribution in [0.2, 0.25) is 0 Å². The second kappa shape index (κ2) is 2.78. The lowest BCUT2D eigenvalue weighted by Gasteiger charge is -2.08. The van der Waals surface area contributed by atoms with E-state index in [1.54, 1.807) is 16.8 Å². The van der Waals surface area contributed by atoms with E-state index in [0.29, 0.717) is 5.69 Å². The summed E-state index contributed by atoms with van der Waals surface area (Å²) >= 11 is 0. The molecule has 60 valence electrons. The summed E-state index contributed by atoms with van der Waals surface area (Å²) in [4.78, 5) is 11.1. The molecule has 0 spiro atoms. The molecule has 1 aromatic rings. The molecule has 3 nitrogen and oxygen atoms in total. The van der Waals surface area contributed by atoms with Crippen molar-refractivity contribution < 1.29 is 0 Å². The van der Waals surface area contributed by atoms with Gasteiger partial charge in [0.2, 0.25) is 0 Å². The summed E-state index contributed by atoms with van der Waals surface area (Å²) in [5.74, 6) is 0. The predicted molar refractivity (Wildman–Crippen MR) is 45.5 cm³/mol. The first-order chi connectivity index (χ1) is 5.11. The molecular weight excluding hydrogens is 140 g/mol. The number of pyridine rings is 1. The Morgan fingerprint density at radius 2 is 2.09 bits per heavy atom. The second-order valence-electron chi connectivity index (χ2n) is 2.80. The number of rotatable bonds is 1. The molecule has 1 aromatic heterocycles. The normalized spacial score (nSPS) is 10.5. The zero-order valence-electron chi connectivity index (χ0n) is 6.74. The Labute approximate surface area is 65.5 Å². The van der Waals surface area contributed by atoms with E-state index in [0.717, 1.165) is 0 Å². The van der Waals surface area contributed by atoms with Crippen LogP contribution in [0.5, 0.6) is 0 Å². The van der Waals surface area contributed by atoms with Crippen molar-refractivity contribution in [2.75, 3.05) is 5.73 Å². The van der Waals surface area contributed by atoms with Gasteiger partial charge in [-0.15, -0.1) is 0 Å². The minimum atomic E-state index is -0.00537. The van der Waals surface area contributed by atoms with E-state index in [-0.39, 0.29) is 11.6 Å². The van der Waals surface area contributed by atoms with Crippen molar-refractivity contribution in [2.24, 2.45) is 0 Å². The molecule has 0 saturated heterocycles. The van der Waals surface area contributed by atoms with Gasteiger partial charge in [0.15, 0.2) is 0 Å². The van der Waals surface area contributed by atoms with Crippen LogP contribution in [0.4, 0.5) is 5.69 Å². The zero-order valence-corrected chi connectivity index (χ0v) is 6.74. The maximum absolute atomic E-state index is 11.1. The highest BCUT2D eigenvalue weighted by Gasteiger charge is 1.98. The Morgan fingerprint density at radius 3 is 2.55 bits per heavy atom. The fourth-order valence-electron chi connectivity index (χ4n) is 0.924. The molecule has 0 saturated carbocycles. The number of nitrogen functional groups attached to an aromatic ring is 1. The molecule has 0 unspecified atom stereocenters. The maximum atomic E-state index is 11.1. The van der Waals surface area contributed by atoms with Gasteiger partial charge in [0, 0.05) is 24.0 Å². The van der Waals surface area contributed by atoms with Gasteiger partial charge in [0.05, 0.1) is 0 Å². The molecule has 0 amide bonds. The number of nitrogens with zero attached hydrogens (tertiary/aromatic N) is 1. The number of nitrogens with two attached hydrogens (primary N) is 1. The lowest BCUT2D eigenvalue weighted by molar-refractivity contribution is 0.579. The summed E-state index contributed by atoms with van der Waals surface area (Å²) in [6.07, 6.45) is 1.66. The van der Waals surface area contributed by atoms with Gasteiger partial charge in [0.1, 0.15) is 0 Å². The molecule has 0 atom stereocenters. The smallest absolute Gasteiger partial charge is 0.250 e. The van der Waals surface area contributed by atoms with E-state index in [1.807, 2.05) is 13.8 Å². The first kappa shape index (κ1) is 7.85. The zero-order chi connectivity index (χ0) is 8.43. The van der Waals surface area contributed by atoms with E-state index in [2.05, 4.69) is 0 Å². The molecule has 0 radical (unpaired) electrons. The second-order valence-corrected chi connectivity index (χ2v) is 2.80. The first-order valence-corrected chi connectivity index (χ1v) is 3.59. The minimum absolute atomic E-state index is 0.00537. The van der Waals surface area contributed by atoms with Gasteiger partial charge >= 0.3 is 0 Å². The van der Waals surface area contributed by atoms with E-state index >= 15 is 0 Å². The first-order valence-electron chi connectivity index (χ1n) is 3.59. The van der Waals surface area contributed by atoms with Gasteiger partial charge in [0.25, 0.3) is 5.56 Å². The average Bonchev–Trinajstić information content (AvgIpc) is 1.94. The lowest BCUT2D eigenvalue weighted by Crippen LogP contribution is -2.20. The summed E-state index contributed by atoms with van der Waals surface area (Å²) in [7, 11) is 0. The lowest BCUT2D eigenvalue weighted by atomic mass is 10.3. The van der Waals surface area contributed by atoms with Gasteiger partial charge in [-0.2, -0.15) is 0 Å². The van der Waals surface area contributed by atoms with Gasteiger partial charge in [-0.3, -0.25) is 4.79 Å². The number of hydrogen-bond acceptors (Lipinski definition) is 2. The Bertz CT molecular complexity index is 301. The Balaban J connectivity index is 3.24. The predicted octanol–water partition coefficient (Wildman–Crippen LogP) is 1.01. The van der Waals surface area contributed by atoms with E-state index in [1.165, 1.54) is 6.07 Å². The van der Waals surface area contributed by atoms with Crippen molar-refractivity contribution in [3.05, 3.63) is 28.7 Å². The van der Waals surface area contributed by atoms with Crippen LogP contribution < -0.4 is 11.3 Å². The molecule has 0 aliphatic heterocycles. The third-order valence-corrected chi connectivity index (χ3v) is 1.52. The molecule has 3 heteroatoms. The highest BCUT2D eigenvalue weighted by atomic mass is 16.1. The summed E-state index contributed by atoms with van der Waals surface area (Å²) in [6.45, 7) is 3.89. The van der Waals surface area contributed by atoms with Crippen LogP contribution in [-0.4, -0.2) is 4.57 Å². The molecule has 1 heterocycles. The fourth-order valence-corrected chi connectivity index (χ4v) is 0.924. The van der Waals surface area contributed by atoms with Crippen molar-refractivity contribution in [1.29, 1.82) is 0 Å². The third kappa shape index (κ3) is 1.61. The SMILES string of the molecule is CC(C)n1cc(N)ccc1=O. The van der Waals surface area contributed by atoms with Crippen LogP contribution in [0.25, 0.3) is 0 Å². The van der Waals surface area contributed by atoms with Crippen LogP contribution in [0.15, 0.2) is 23.1 Å². The topological polar surface area (TPSA) is 48.0 Å². The molecule has 0 aliphatic carbocycles. The van der Waals surface area contributed by atoms with Crippen molar-refractivity contribution in [2.45, 2.75) is 19.9 Å². The van der Waals surface area contributed by atoms with Crippen molar-refractivity contribution in [3.8, 4) is 0 Å². The number of hydrogen-bond donors (Lipinski definition) is 1.